The normalized spacial score (nSPS) is 19.6. The van der Waals surface area contributed by atoms with Crippen molar-refractivity contribution in [3.63, 3.8) is 0 Å². The molecular formula is C28H24ClN3O3. The number of hydrogen-bond donors (Lipinski definition) is 1. The highest BCUT2D eigenvalue weighted by Crippen LogP contribution is 2.43. The molecule has 4 aromatic rings. The zero-order valence-electron chi connectivity index (χ0n) is 19.2. The Morgan fingerprint density at radius 3 is 2.66 bits per heavy atom. The number of methoxy groups -OCH3 is 1. The number of hydrogen-bond acceptors (Lipinski definition) is 3. The number of nitrogens with one attached hydrogen (secondary N) is 1. The molecule has 6 nitrogen and oxygen atoms in total. The van der Waals surface area contributed by atoms with Gasteiger partial charge < -0.3 is 19.5 Å². The van der Waals surface area contributed by atoms with Gasteiger partial charge in [-0.3, -0.25) is 9.59 Å². The maximum atomic E-state index is 13.8. The van der Waals surface area contributed by atoms with Crippen LogP contribution in [0.3, 0.4) is 0 Å². The molecule has 0 aliphatic carbocycles. The predicted molar refractivity (Wildman–Crippen MR) is 134 cm³/mol. The Kier molecular flexibility index (Phi) is 5.26. The van der Waals surface area contributed by atoms with Crippen LogP contribution in [0.2, 0.25) is 5.02 Å². The third-order valence-electron chi connectivity index (χ3n) is 7.07. The Hall–Kier alpha value is -3.77. The van der Waals surface area contributed by atoms with Gasteiger partial charge in [-0.2, -0.15) is 0 Å². The lowest BCUT2D eigenvalue weighted by Crippen LogP contribution is -2.62. The van der Waals surface area contributed by atoms with E-state index in [-0.39, 0.29) is 18.4 Å². The Morgan fingerprint density at radius 1 is 1.03 bits per heavy atom. The van der Waals surface area contributed by atoms with Crippen molar-refractivity contribution in [2.45, 2.75) is 25.0 Å². The fourth-order valence-electron chi connectivity index (χ4n) is 5.45. The summed E-state index contributed by atoms with van der Waals surface area (Å²) in [5, 5.41) is 1.67. The summed E-state index contributed by atoms with van der Waals surface area (Å²) in [4.78, 5) is 34.5. The number of rotatable bonds is 4. The molecule has 2 aliphatic heterocycles. The van der Waals surface area contributed by atoms with E-state index in [1.54, 1.807) is 23.0 Å². The number of fused-ring (bicyclic) bond motifs is 4. The summed E-state index contributed by atoms with van der Waals surface area (Å²) in [5.41, 5.74) is 4.77. The average molecular weight is 486 g/mol. The van der Waals surface area contributed by atoms with Crippen LogP contribution in [0.15, 0.2) is 72.8 Å². The molecule has 3 heterocycles. The van der Waals surface area contributed by atoms with Crippen LogP contribution in [-0.2, 0) is 22.6 Å². The number of ether oxygens (including phenoxy) is 1. The molecule has 1 fully saturated rings. The standard InChI is InChI=1S/C28H24ClN3O3/c1-35-19-9-6-8-17(13-19)27-26-21(20-10-3-5-12-23(20)30-26)14-24-28(34)31(16-25(33)32(24)27)15-18-7-2-4-11-22(18)29/h2-13,24,27,30H,14-16H2,1H3/t24-,27?/m0/s1. The van der Waals surface area contributed by atoms with Gasteiger partial charge in [-0.15, -0.1) is 0 Å². The third kappa shape index (κ3) is 3.56. The summed E-state index contributed by atoms with van der Waals surface area (Å²) < 4.78 is 5.47. The smallest absolute Gasteiger partial charge is 0.246 e. The second kappa shape index (κ2) is 8.47. The first kappa shape index (κ1) is 21.7. The van der Waals surface area contributed by atoms with Crippen LogP contribution in [0, 0.1) is 0 Å². The predicted octanol–water partition coefficient (Wildman–Crippen LogP) is 4.72. The molecule has 176 valence electrons. The van der Waals surface area contributed by atoms with Crippen LogP contribution in [0.1, 0.15) is 28.4 Å². The van der Waals surface area contributed by atoms with Gasteiger partial charge in [0.2, 0.25) is 11.8 Å². The van der Waals surface area contributed by atoms with Crippen molar-refractivity contribution < 1.29 is 14.3 Å². The Labute approximate surface area is 208 Å². The van der Waals surface area contributed by atoms with E-state index >= 15 is 0 Å². The van der Waals surface area contributed by atoms with Crippen LogP contribution in [-0.4, -0.2) is 46.3 Å². The van der Waals surface area contributed by atoms with Crippen molar-refractivity contribution in [2.75, 3.05) is 13.7 Å². The van der Waals surface area contributed by atoms with Crippen LogP contribution in [0.25, 0.3) is 10.9 Å². The van der Waals surface area contributed by atoms with Crippen molar-refractivity contribution in [3.8, 4) is 5.75 Å². The second-order valence-electron chi connectivity index (χ2n) is 9.05. The van der Waals surface area contributed by atoms with Crippen LogP contribution >= 0.6 is 11.6 Å². The Morgan fingerprint density at radius 2 is 1.83 bits per heavy atom. The van der Waals surface area contributed by atoms with Gasteiger partial charge in [0.15, 0.2) is 0 Å². The molecule has 1 aromatic heterocycles. The zero-order chi connectivity index (χ0) is 24.1. The first-order valence-electron chi connectivity index (χ1n) is 11.6. The van der Waals surface area contributed by atoms with Crippen molar-refractivity contribution in [2.24, 2.45) is 0 Å². The number of nitrogens with zero attached hydrogens (tertiary/aromatic N) is 2. The highest BCUT2D eigenvalue weighted by molar-refractivity contribution is 6.31. The number of aromatic nitrogens is 1. The number of aromatic amines is 1. The zero-order valence-corrected chi connectivity index (χ0v) is 20.0. The highest BCUT2D eigenvalue weighted by Gasteiger charge is 2.48. The molecule has 2 atom stereocenters. The lowest BCUT2D eigenvalue weighted by Gasteiger charge is -2.47. The fraction of sp³-hybridized carbons (Fsp3) is 0.214. The quantitative estimate of drug-likeness (QED) is 0.455. The Balaban J connectivity index is 1.46. The lowest BCUT2D eigenvalue weighted by molar-refractivity contribution is -0.159. The topological polar surface area (TPSA) is 65.6 Å². The number of piperazine rings is 1. The van der Waals surface area contributed by atoms with Crippen LogP contribution in [0.4, 0.5) is 0 Å². The molecule has 1 saturated heterocycles. The van der Waals surface area contributed by atoms with Crippen molar-refractivity contribution >= 4 is 34.3 Å². The van der Waals surface area contributed by atoms with Crippen LogP contribution in [0.5, 0.6) is 5.75 Å². The van der Waals surface area contributed by atoms with Gasteiger partial charge in [-0.25, -0.2) is 0 Å². The number of benzene rings is 3. The lowest BCUT2D eigenvalue weighted by atomic mass is 9.86. The summed E-state index contributed by atoms with van der Waals surface area (Å²) in [6.07, 6.45) is 0.462. The molecule has 1 unspecified atom stereocenters. The molecule has 35 heavy (non-hydrogen) atoms. The van der Waals surface area contributed by atoms with Crippen molar-refractivity contribution in [1.82, 2.24) is 14.8 Å². The molecule has 0 saturated carbocycles. The minimum atomic E-state index is -0.596. The van der Waals surface area contributed by atoms with Gasteiger partial charge in [0.25, 0.3) is 0 Å². The summed E-state index contributed by atoms with van der Waals surface area (Å²) in [7, 11) is 1.62. The number of halogens is 1. The molecule has 2 amide bonds. The maximum absolute atomic E-state index is 13.8. The molecule has 0 bridgehead atoms. The molecule has 0 radical (unpaired) electrons. The largest absolute Gasteiger partial charge is 0.497 e. The summed E-state index contributed by atoms with van der Waals surface area (Å²) >= 11 is 6.37. The highest BCUT2D eigenvalue weighted by atomic mass is 35.5. The van der Waals surface area contributed by atoms with Crippen LogP contribution < -0.4 is 4.74 Å². The van der Waals surface area contributed by atoms with Gasteiger partial charge in [0, 0.05) is 34.6 Å². The van der Waals surface area contributed by atoms with E-state index in [1.807, 2.05) is 60.7 Å². The van der Waals surface area contributed by atoms with Gasteiger partial charge in [0.1, 0.15) is 18.3 Å². The monoisotopic (exact) mass is 485 g/mol. The number of carbonyl (C=O) groups is 2. The summed E-state index contributed by atoms with van der Waals surface area (Å²) in [5.74, 6) is 0.561. The molecule has 7 heteroatoms. The first-order valence-corrected chi connectivity index (χ1v) is 12.0. The first-order chi connectivity index (χ1) is 17.0. The SMILES string of the molecule is COc1cccc(C2c3[nH]c4ccccc4c3C[C@H]3C(=O)N(Cc4ccccc4Cl)CC(=O)N23)c1. The summed E-state index contributed by atoms with van der Waals surface area (Å²) in [6.45, 7) is 0.315. The van der Waals surface area contributed by atoms with E-state index in [0.29, 0.717) is 23.7 Å². The summed E-state index contributed by atoms with van der Waals surface area (Å²) in [6, 6.07) is 22.2. The molecule has 1 N–H and O–H groups in total. The Bertz CT molecular complexity index is 1460. The second-order valence-corrected chi connectivity index (χ2v) is 9.46. The van der Waals surface area contributed by atoms with Gasteiger partial charge in [0.05, 0.1) is 13.2 Å². The molecule has 6 rings (SSSR count). The van der Waals surface area contributed by atoms with E-state index in [2.05, 4.69) is 11.1 Å². The number of amides is 2. The molecular weight excluding hydrogens is 462 g/mol. The van der Waals surface area contributed by atoms with E-state index in [4.69, 9.17) is 16.3 Å². The van der Waals surface area contributed by atoms with Gasteiger partial charge in [-0.1, -0.05) is 60.1 Å². The maximum Gasteiger partial charge on any atom is 0.246 e. The minimum absolute atomic E-state index is 0.0105. The third-order valence-corrected chi connectivity index (χ3v) is 7.44. The number of H-pyrrole nitrogens is 1. The average Bonchev–Trinajstić information content (AvgIpc) is 3.25. The molecule has 3 aromatic carbocycles. The fourth-order valence-corrected chi connectivity index (χ4v) is 5.64. The van der Waals surface area contributed by atoms with E-state index in [1.165, 1.54) is 0 Å². The van der Waals surface area contributed by atoms with E-state index in [9.17, 15) is 9.59 Å². The van der Waals surface area contributed by atoms with Crippen molar-refractivity contribution in [1.29, 1.82) is 0 Å². The molecule has 2 aliphatic rings. The van der Waals surface area contributed by atoms with Crippen molar-refractivity contribution in [3.05, 3.63) is 100 Å². The van der Waals surface area contributed by atoms with Gasteiger partial charge >= 0.3 is 0 Å². The number of carbonyl (C=O) groups excluding carboxylic acids is 2. The van der Waals surface area contributed by atoms with E-state index < -0.39 is 12.1 Å². The minimum Gasteiger partial charge on any atom is -0.497 e. The van der Waals surface area contributed by atoms with Gasteiger partial charge in [-0.05, 0) is 41.0 Å². The van der Waals surface area contributed by atoms with E-state index in [0.717, 1.165) is 33.3 Å². The molecule has 0 spiro atoms. The number of para-hydroxylation sites is 1.